The van der Waals surface area contributed by atoms with Crippen LogP contribution in [0.5, 0.6) is 0 Å². The highest BCUT2D eigenvalue weighted by atomic mass is 35.5. The third kappa shape index (κ3) is 4.88. The number of rotatable bonds is 7. The van der Waals surface area contributed by atoms with Crippen LogP contribution in [0.1, 0.15) is 38.2 Å². The molecule has 8 nitrogen and oxygen atoms in total. The van der Waals surface area contributed by atoms with Gasteiger partial charge in [0.15, 0.2) is 5.78 Å². The Morgan fingerprint density at radius 1 is 1.21 bits per heavy atom. The largest absolute Gasteiger partial charge is 0.425 e. The van der Waals surface area contributed by atoms with Crippen LogP contribution < -0.4 is 0 Å². The summed E-state index contributed by atoms with van der Waals surface area (Å²) in [5.41, 5.74) is -0.744. The number of ketones is 1. The summed E-state index contributed by atoms with van der Waals surface area (Å²) in [4.78, 5) is 38.8. The number of esters is 1. The van der Waals surface area contributed by atoms with E-state index in [1.807, 2.05) is 0 Å². The zero-order valence-corrected chi connectivity index (χ0v) is 17.2. The third-order valence-electron chi connectivity index (χ3n) is 5.14. The van der Waals surface area contributed by atoms with Crippen molar-refractivity contribution in [2.75, 3.05) is 20.3 Å². The van der Waals surface area contributed by atoms with Crippen LogP contribution in [0.2, 0.25) is 5.02 Å². The molecule has 1 aromatic rings. The van der Waals surface area contributed by atoms with Crippen molar-refractivity contribution >= 4 is 29.4 Å². The Labute approximate surface area is 174 Å². The Kier molecular flexibility index (Phi) is 8.01. The molecule has 0 bridgehead atoms. The molecule has 1 unspecified atom stereocenters. The van der Waals surface area contributed by atoms with Crippen LogP contribution in [-0.2, 0) is 24.6 Å². The molecule has 1 amide bonds. The molecule has 0 saturated heterocycles. The van der Waals surface area contributed by atoms with Gasteiger partial charge in [-0.1, -0.05) is 29.8 Å². The van der Waals surface area contributed by atoms with E-state index in [-0.39, 0.29) is 5.78 Å². The van der Waals surface area contributed by atoms with Crippen molar-refractivity contribution in [3.8, 4) is 0 Å². The standard InChI is InChI=1S/C20H26ClNO7/c1-13(28-18(26)14(11-23)12-24)29-19(27)22(2)20(10-6-5-9-17(20)25)15-7-3-4-8-16(15)21/h3-4,7-8,13-14,23-24H,5-6,9-12H2,1-2H3/t13?,20-/m0/s1. The van der Waals surface area contributed by atoms with Gasteiger partial charge in [0.05, 0.1) is 13.2 Å². The van der Waals surface area contributed by atoms with Gasteiger partial charge in [0, 0.05) is 31.0 Å². The highest BCUT2D eigenvalue weighted by molar-refractivity contribution is 6.31. The fraction of sp³-hybridized carbons (Fsp3) is 0.550. The number of halogens is 1. The summed E-state index contributed by atoms with van der Waals surface area (Å²) in [6.07, 6.45) is 0.0265. The number of nitrogens with zero attached hydrogens (tertiary/aromatic N) is 1. The van der Waals surface area contributed by atoms with E-state index in [0.29, 0.717) is 23.4 Å². The number of carbonyl (C=O) groups excluding carboxylic acids is 3. The predicted octanol–water partition coefficient (Wildman–Crippen LogP) is 2.24. The van der Waals surface area contributed by atoms with Crippen LogP contribution in [0.25, 0.3) is 0 Å². The topological polar surface area (TPSA) is 113 Å². The summed E-state index contributed by atoms with van der Waals surface area (Å²) in [6, 6.07) is 6.86. The first-order valence-corrected chi connectivity index (χ1v) is 9.80. The molecule has 2 N–H and O–H groups in total. The molecule has 1 aromatic carbocycles. The zero-order chi connectivity index (χ0) is 21.6. The van der Waals surface area contributed by atoms with Gasteiger partial charge in [-0.3, -0.25) is 14.5 Å². The average molecular weight is 428 g/mol. The van der Waals surface area contributed by atoms with Gasteiger partial charge in [0.25, 0.3) is 0 Å². The molecule has 9 heteroatoms. The minimum Gasteiger partial charge on any atom is -0.425 e. The first-order chi connectivity index (χ1) is 13.8. The summed E-state index contributed by atoms with van der Waals surface area (Å²) in [7, 11) is 1.45. The number of hydrogen-bond donors (Lipinski definition) is 2. The molecule has 1 fully saturated rings. The van der Waals surface area contributed by atoms with Crippen LogP contribution in [-0.4, -0.2) is 59.5 Å². The molecule has 29 heavy (non-hydrogen) atoms. The zero-order valence-electron chi connectivity index (χ0n) is 16.5. The van der Waals surface area contributed by atoms with Gasteiger partial charge in [-0.05, 0) is 25.3 Å². The van der Waals surface area contributed by atoms with E-state index in [4.69, 9.17) is 31.3 Å². The molecule has 1 saturated carbocycles. The molecule has 0 aromatic heterocycles. The van der Waals surface area contributed by atoms with Crippen molar-refractivity contribution in [2.45, 2.75) is 44.4 Å². The van der Waals surface area contributed by atoms with Crippen LogP contribution in [0.15, 0.2) is 24.3 Å². The Bertz CT molecular complexity index is 752. The Balaban J connectivity index is 2.22. The molecule has 0 radical (unpaired) electrons. The van der Waals surface area contributed by atoms with Gasteiger partial charge in [0.2, 0.25) is 6.29 Å². The highest BCUT2D eigenvalue weighted by Crippen LogP contribution is 2.42. The lowest BCUT2D eigenvalue weighted by Gasteiger charge is -2.43. The number of ether oxygens (including phenoxy) is 2. The second-order valence-corrected chi connectivity index (χ2v) is 7.39. The maximum absolute atomic E-state index is 13.0. The van der Waals surface area contributed by atoms with Crippen molar-refractivity contribution < 1.29 is 34.1 Å². The summed E-state index contributed by atoms with van der Waals surface area (Å²) in [5, 5.41) is 18.4. The molecule has 0 spiro atoms. The monoisotopic (exact) mass is 427 g/mol. The molecule has 0 heterocycles. The van der Waals surface area contributed by atoms with Gasteiger partial charge in [-0.2, -0.15) is 0 Å². The van der Waals surface area contributed by atoms with Crippen molar-refractivity contribution in [3.05, 3.63) is 34.9 Å². The summed E-state index contributed by atoms with van der Waals surface area (Å²) in [6.45, 7) is 0.139. The van der Waals surface area contributed by atoms with E-state index >= 15 is 0 Å². The first kappa shape index (κ1) is 23.1. The molecule has 160 valence electrons. The van der Waals surface area contributed by atoms with Crippen LogP contribution >= 0.6 is 11.6 Å². The van der Waals surface area contributed by atoms with Gasteiger partial charge in [-0.15, -0.1) is 0 Å². The predicted molar refractivity (Wildman–Crippen MR) is 104 cm³/mol. The lowest BCUT2D eigenvalue weighted by molar-refractivity contribution is -0.175. The van der Waals surface area contributed by atoms with E-state index in [2.05, 4.69) is 0 Å². The fourth-order valence-corrected chi connectivity index (χ4v) is 3.79. The Morgan fingerprint density at radius 2 is 1.86 bits per heavy atom. The number of carbonyl (C=O) groups is 3. The molecule has 2 rings (SSSR count). The number of aliphatic hydroxyl groups is 2. The fourth-order valence-electron chi connectivity index (χ4n) is 3.50. The van der Waals surface area contributed by atoms with E-state index in [1.165, 1.54) is 18.9 Å². The van der Waals surface area contributed by atoms with Crippen LogP contribution in [0.3, 0.4) is 0 Å². The number of likely N-dealkylation sites (N-methyl/N-ethyl adjacent to an activating group) is 1. The Morgan fingerprint density at radius 3 is 2.45 bits per heavy atom. The molecular formula is C20H26ClNO7. The molecule has 0 aliphatic heterocycles. The molecular weight excluding hydrogens is 402 g/mol. The average Bonchev–Trinajstić information content (AvgIpc) is 2.69. The summed E-state index contributed by atoms with van der Waals surface area (Å²) < 4.78 is 10.1. The summed E-state index contributed by atoms with van der Waals surface area (Å²) in [5.74, 6) is -2.16. The van der Waals surface area contributed by atoms with Gasteiger partial charge in [-0.25, -0.2) is 4.79 Å². The second kappa shape index (κ2) is 10.0. The van der Waals surface area contributed by atoms with E-state index in [1.54, 1.807) is 24.3 Å². The second-order valence-electron chi connectivity index (χ2n) is 6.98. The normalized spacial score (nSPS) is 20.3. The lowest BCUT2D eigenvalue weighted by Crippen LogP contribution is -2.55. The summed E-state index contributed by atoms with van der Waals surface area (Å²) >= 11 is 6.35. The van der Waals surface area contributed by atoms with Gasteiger partial charge >= 0.3 is 12.1 Å². The van der Waals surface area contributed by atoms with Crippen molar-refractivity contribution in [3.63, 3.8) is 0 Å². The third-order valence-corrected chi connectivity index (χ3v) is 5.47. The van der Waals surface area contributed by atoms with Crippen molar-refractivity contribution in [1.29, 1.82) is 0 Å². The van der Waals surface area contributed by atoms with Crippen molar-refractivity contribution in [1.82, 2.24) is 4.90 Å². The van der Waals surface area contributed by atoms with Crippen LogP contribution in [0.4, 0.5) is 4.79 Å². The van der Waals surface area contributed by atoms with Gasteiger partial charge < -0.3 is 19.7 Å². The number of amides is 1. The SMILES string of the molecule is CC(OC(=O)C(CO)CO)OC(=O)N(C)[C@]1(c2ccccc2Cl)CCCCC1=O. The Hall–Kier alpha value is -2.16. The number of aliphatic hydroxyl groups excluding tert-OH is 2. The van der Waals surface area contributed by atoms with Crippen molar-refractivity contribution in [2.24, 2.45) is 5.92 Å². The highest BCUT2D eigenvalue weighted by Gasteiger charge is 2.48. The number of benzene rings is 1. The maximum atomic E-state index is 13.0. The van der Waals surface area contributed by atoms with E-state index in [0.717, 1.165) is 12.8 Å². The van der Waals surface area contributed by atoms with Crippen LogP contribution in [0, 0.1) is 5.92 Å². The smallest absolute Gasteiger partial charge is 0.413 e. The van der Waals surface area contributed by atoms with Gasteiger partial charge in [0.1, 0.15) is 11.5 Å². The molecule has 1 aliphatic rings. The molecule has 1 aliphatic carbocycles. The minimum atomic E-state index is -1.28. The minimum absolute atomic E-state index is 0.137. The first-order valence-electron chi connectivity index (χ1n) is 9.42. The quantitative estimate of drug-likeness (QED) is 0.506. The lowest BCUT2D eigenvalue weighted by atomic mass is 9.74. The maximum Gasteiger partial charge on any atom is 0.413 e. The number of Topliss-reactive ketones (excluding diaryl/α,β-unsaturated/α-hetero) is 1. The molecule has 2 atom stereocenters. The van der Waals surface area contributed by atoms with E-state index in [9.17, 15) is 14.4 Å². The van der Waals surface area contributed by atoms with E-state index < -0.39 is 43.0 Å². The number of hydrogen-bond acceptors (Lipinski definition) is 7.